The topological polar surface area (TPSA) is 63.2 Å². The van der Waals surface area contributed by atoms with Crippen LogP contribution < -0.4 is 18.9 Å². The molecule has 0 N–H and O–H groups in total. The van der Waals surface area contributed by atoms with Crippen LogP contribution in [0.2, 0.25) is 9.26 Å². The van der Waals surface area contributed by atoms with Gasteiger partial charge in [-0.15, -0.1) is 24.8 Å². The van der Waals surface area contributed by atoms with E-state index in [9.17, 15) is 0 Å². The zero-order valence-corrected chi connectivity index (χ0v) is 42.2. The molecule has 4 aromatic carbocycles. The summed E-state index contributed by atoms with van der Waals surface area (Å²) < 4.78 is 42.0. The number of fused-ring (bicyclic) bond motifs is 2. The first-order valence-corrected chi connectivity index (χ1v) is 33.6. The van der Waals surface area contributed by atoms with E-state index < -0.39 is 17.4 Å². The summed E-state index contributed by atoms with van der Waals surface area (Å²) in [6, 6.07) is 25.9. The van der Waals surface area contributed by atoms with E-state index in [0.29, 0.717) is 0 Å². The minimum Gasteiger partial charge on any atom is -0.147 e. The van der Waals surface area contributed by atoms with Gasteiger partial charge in [0.25, 0.3) is 0 Å². The molecule has 0 amide bonds. The van der Waals surface area contributed by atoms with E-state index in [0.717, 1.165) is 57.2 Å². The molecule has 0 bridgehead atoms. The van der Waals surface area contributed by atoms with Gasteiger partial charge in [0, 0.05) is 0 Å². The maximum atomic E-state index is 6.62. The molecular weight excluding hydrogens is 887 g/mol. The number of rotatable bonds is 10. The first-order chi connectivity index (χ1) is 27.5. The summed E-state index contributed by atoms with van der Waals surface area (Å²) in [6.07, 6.45) is 4.87. The monoisotopic (exact) mass is 940 g/mol. The zero-order chi connectivity index (χ0) is 41.4. The maximum Gasteiger partial charge on any atom is -0.147 e. The quantitative estimate of drug-likeness (QED) is 0.128. The molecule has 0 saturated carbocycles. The van der Waals surface area contributed by atoms with Crippen LogP contribution in [-0.2, 0) is 17.4 Å². The molecule has 314 valence electrons. The van der Waals surface area contributed by atoms with Crippen LogP contribution in [0.25, 0.3) is 45.6 Å². The molecule has 0 aliphatic heterocycles. The Kier molecular flexibility index (Phi) is 12.5. The van der Waals surface area contributed by atoms with E-state index >= 15 is 0 Å². The van der Waals surface area contributed by atoms with Gasteiger partial charge in [-0.25, -0.2) is 0 Å². The molecule has 2 aliphatic rings. The van der Waals surface area contributed by atoms with Gasteiger partial charge in [0.2, 0.25) is 0 Å². The molecule has 0 radical (unpaired) electrons. The average Bonchev–Trinajstić information content (AvgIpc) is 4.00. The Morgan fingerprint density at radius 2 is 0.833 bits per heavy atom. The molecule has 2 aromatic heterocycles. The van der Waals surface area contributed by atoms with Crippen molar-refractivity contribution in [3.05, 3.63) is 140 Å². The van der Waals surface area contributed by atoms with Crippen LogP contribution in [0.15, 0.2) is 81.6 Å². The summed E-state index contributed by atoms with van der Waals surface area (Å²) in [5, 5.41) is 0. The molecule has 0 fully saturated rings. The third kappa shape index (κ3) is 7.46. The summed E-state index contributed by atoms with van der Waals surface area (Å²) in [7, 11) is 6.84. The maximum absolute atomic E-state index is 6.62. The van der Waals surface area contributed by atoms with Gasteiger partial charge in [0.05, 0.1) is 0 Å². The van der Waals surface area contributed by atoms with Crippen molar-refractivity contribution in [1.82, 2.24) is 0 Å². The van der Waals surface area contributed by atoms with E-state index in [1.54, 1.807) is 28.4 Å². The smallest absolute Gasteiger partial charge is 0.147 e. The van der Waals surface area contributed by atoms with Crippen molar-refractivity contribution in [1.29, 1.82) is 0 Å². The summed E-state index contributed by atoms with van der Waals surface area (Å²) in [4.78, 5) is 0. The number of methoxy groups -OCH3 is 4. The zero-order valence-electron chi connectivity index (χ0n) is 36.7. The van der Waals surface area contributed by atoms with E-state index in [4.69, 9.17) is 27.8 Å². The second-order valence-electron chi connectivity index (χ2n) is 17.4. The van der Waals surface area contributed by atoms with E-state index in [-0.39, 0.29) is 32.1 Å². The number of benzene rings is 4. The molecule has 8 rings (SSSR count). The third-order valence-electron chi connectivity index (χ3n) is 12.9. The molecule has 2 aliphatic carbocycles. The molecular formula is C50H56Cl2O6SiZr. The number of hydrogen-bond acceptors (Lipinski definition) is 6. The van der Waals surface area contributed by atoms with Gasteiger partial charge in [0.1, 0.15) is 0 Å². The van der Waals surface area contributed by atoms with Crippen molar-refractivity contribution in [3.8, 4) is 45.3 Å². The third-order valence-corrected chi connectivity index (χ3v) is 30.1. The van der Waals surface area contributed by atoms with Crippen molar-refractivity contribution in [2.75, 3.05) is 28.4 Å². The fraction of sp³-hybridized carbons (Fsp3) is 0.280. The van der Waals surface area contributed by atoms with Crippen LogP contribution in [0.4, 0.5) is 0 Å². The molecule has 2 atom stereocenters. The van der Waals surface area contributed by atoms with Gasteiger partial charge in [0.15, 0.2) is 0 Å². The number of allylic oxidation sites excluding steroid dienone is 2. The van der Waals surface area contributed by atoms with Gasteiger partial charge in [-0.1, -0.05) is 0 Å². The molecule has 2 unspecified atom stereocenters. The van der Waals surface area contributed by atoms with Gasteiger partial charge < -0.3 is 0 Å². The molecule has 2 heterocycles. The number of hydrogen-bond donors (Lipinski definition) is 0. The number of furan rings is 2. The Labute approximate surface area is 369 Å². The van der Waals surface area contributed by atoms with Gasteiger partial charge in [-0.05, 0) is 0 Å². The van der Waals surface area contributed by atoms with Crippen molar-refractivity contribution >= 4 is 55.0 Å². The van der Waals surface area contributed by atoms with Crippen LogP contribution >= 0.6 is 24.8 Å². The second kappa shape index (κ2) is 16.6. The Bertz CT molecular complexity index is 2570. The van der Waals surface area contributed by atoms with Crippen molar-refractivity contribution in [2.45, 2.75) is 58.1 Å². The van der Waals surface area contributed by atoms with Crippen molar-refractivity contribution in [3.63, 3.8) is 0 Å². The summed E-state index contributed by atoms with van der Waals surface area (Å²) in [5.41, 5.74) is 17.2. The van der Waals surface area contributed by atoms with Crippen molar-refractivity contribution < 1.29 is 45.2 Å². The van der Waals surface area contributed by atoms with Crippen LogP contribution in [0.5, 0.6) is 23.0 Å². The Hall–Kier alpha value is -4.20. The predicted molar refractivity (Wildman–Crippen MR) is 252 cm³/mol. The minimum atomic E-state index is -4.38. The van der Waals surface area contributed by atoms with Crippen LogP contribution in [0.1, 0.15) is 74.8 Å². The average molecular weight is 943 g/mol. The molecule has 6 aromatic rings. The Balaban J connectivity index is 0.00000302. The molecule has 0 saturated heterocycles. The van der Waals surface area contributed by atoms with E-state index in [1.807, 2.05) is 26.0 Å². The molecule has 0 spiro atoms. The van der Waals surface area contributed by atoms with Gasteiger partial charge in [-0.2, -0.15) is 0 Å². The van der Waals surface area contributed by atoms with E-state index in [2.05, 4.69) is 117 Å². The molecule has 60 heavy (non-hydrogen) atoms. The first-order valence-electron chi connectivity index (χ1n) is 19.9. The summed E-state index contributed by atoms with van der Waals surface area (Å²) in [6.45, 7) is 15.4. The van der Waals surface area contributed by atoms with E-state index in [1.165, 1.54) is 66.8 Å². The summed E-state index contributed by atoms with van der Waals surface area (Å²) >= 11 is -4.38. The number of halogens is 2. The normalized spacial score (nSPS) is 15.6. The number of aryl methyl sites for hydroxylation is 4. The fourth-order valence-electron chi connectivity index (χ4n) is 9.99. The SMILES string of the molecule is COc1cc(OC)cc(-c2c(C)c(C)cc3c2C=C(c2ccc(C)o2)[CH]3[Zr]([CH3])([CH3])(=[SiH2])[CH]2C(c3ccc(C)o3)=Cc3c2cc(C)c(C)c3-c2cc(OC)cc(OC)c2)c1.Cl.Cl. The number of ether oxygens (including phenoxy) is 4. The first kappa shape index (κ1) is 45.3. The molecule has 6 nitrogen and oxygen atoms in total. The van der Waals surface area contributed by atoms with Gasteiger partial charge >= 0.3 is 347 Å². The fourth-order valence-corrected chi connectivity index (χ4v) is 28.3. The second-order valence-corrected chi connectivity index (χ2v) is 47.9. The van der Waals surface area contributed by atoms with Crippen molar-refractivity contribution in [2.24, 2.45) is 0 Å². The van der Waals surface area contributed by atoms with Crippen LogP contribution in [0, 0.1) is 41.5 Å². The Morgan fingerprint density at radius 3 is 1.12 bits per heavy atom. The largest absolute Gasteiger partial charge is 0.147 e. The minimum absolute atomic E-state index is 0. The molecule has 10 heteroatoms. The summed E-state index contributed by atoms with van der Waals surface area (Å²) in [5.74, 6) is 6.72. The van der Waals surface area contributed by atoms with Crippen LogP contribution in [0.3, 0.4) is 0 Å². The standard InChI is InChI=1S/2C24H23O3.2CH3.2ClH.H2Si.Zr/c2*1-14-8-17-9-18(23-7-6-15(2)27-23)12-22(17)24(16(14)3)19-10-20(25-4)13-21(11-19)26-5;;;;;;/h2*6-13H,1-5H3;2*1H3;2*1H;1H2;. The van der Waals surface area contributed by atoms with Gasteiger partial charge in [-0.3, -0.25) is 0 Å². The Morgan fingerprint density at radius 1 is 0.500 bits per heavy atom. The van der Waals surface area contributed by atoms with Crippen LogP contribution in [-0.4, -0.2) is 35.3 Å². The predicted octanol–water partition coefficient (Wildman–Crippen LogP) is 13.2.